The molecular weight excluding hydrogens is 405 g/mol. The molecule has 30 heavy (non-hydrogen) atoms. The largest absolute Gasteiger partial charge is 0.477 e. The number of urea groups is 1. The van der Waals surface area contributed by atoms with Gasteiger partial charge in [-0.2, -0.15) is 0 Å². The Bertz CT molecular complexity index is 1290. The summed E-state index contributed by atoms with van der Waals surface area (Å²) in [6.45, 7) is 1.81. The van der Waals surface area contributed by atoms with Crippen molar-refractivity contribution < 1.29 is 19.1 Å². The van der Waals surface area contributed by atoms with Crippen molar-refractivity contribution in [1.82, 2.24) is 4.98 Å². The minimum atomic E-state index is -1.00. The molecule has 2 aromatic heterocycles. The van der Waals surface area contributed by atoms with Gasteiger partial charge in [0.1, 0.15) is 10.7 Å². The predicted molar refractivity (Wildman–Crippen MR) is 116 cm³/mol. The number of hydrogen-bond acceptors (Lipinski definition) is 4. The Morgan fingerprint density at radius 3 is 2.70 bits per heavy atom. The molecule has 0 atom stereocenters. The van der Waals surface area contributed by atoms with Gasteiger partial charge in [0.2, 0.25) is 0 Å². The second-order valence-corrected chi connectivity index (χ2v) is 7.68. The van der Waals surface area contributed by atoms with Crippen LogP contribution in [0.15, 0.2) is 60.8 Å². The van der Waals surface area contributed by atoms with E-state index in [1.54, 1.807) is 42.6 Å². The summed E-state index contributed by atoms with van der Waals surface area (Å²) >= 11 is 1.15. The molecule has 6 nitrogen and oxygen atoms in total. The highest BCUT2D eigenvalue weighted by molar-refractivity contribution is 7.21. The van der Waals surface area contributed by atoms with Crippen LogP contribution >= 0.6 is 11.3 Å². The van der Waals surface area contributed by atoms with Gasteiger partial charge in [-0.1, -0.05) is 18.2 Å². The molecule has 0 aliphatic rings. The van der Waals surface area contributed by atoms with E-state index in [0.29, 0.717) is 11.2 Å². The van der Waals surface area contributed by atoms with Crippen LogP contribution in [0.5, 0.6) is 0 Å². The number of amides is 2. The maximum absolute atomic E-state index is 13.9. The van der Waals surface area contributed by atoms with Crippen LogP contribution in [0.25, 0.3) is 21.3 Å². The molecule has 0 saturated carbocycles. The molecule has 150 valence electrons. The summed E-state index contributed by atoms with van der Waals surface area (Å²) in [7, 11) is 0. The maximum Gasteiger partial charge on any atom is 0.345 e. The number of fused-ring (bicyclic) bond motifs is 1. The van der Waals surface area contributed by atoms with Gasteiger partial charge in [-0.05, 0) is 54.4 Å². The Labute approximate surface area is 175 Å². The first-order valence-electron chi connectivity index (χ1n) is 8.97. The van der Waals surface area contributed by atoms with Crippen molar-refractivity contribution in [2.75, 3.05) is 10.6 Å². The van der Waals surface area contributed by atoms with E-state index in [4.69, 9.17) is 0 Å². The minimum absolute atomic E-state index is 0.0966. The number of aromatic nitrogens is 1. The molecule has 0 radical (unpaired) electrons. The lowest BCUT2D eigenvalue weighted by atomic mass is 10.1. The SMILES string of the molecule is Cc1ccc(F)c(NC(=O)Nc2cccc(-c3ccnc4cc(C(=O)O)sc34)c2)c1. The molecule has 2 aromatic carbocycles. The molecule has 3 N–H and O–H groups in total. The number of carboxylic acids is 1. The first-order chi connectivity index (χ1) is 14.4. The van der Waals surface area contributed by atoms with E-state index in [2.05, 4.69) is 15.6 Å². The van der Waals surface area contributed by atoms with Crippen LogP contribution in [0.1, 0.15) is 15.2 Å². The molecule has 0 unspecified atom stereocenters. The second-order valence-electron chi connectivity index (χ2n) is 6.63. The van der Waals surface area contributed by atoms with Gasteiger partial charge in [-0.15, -0.1) is 11.3 Å². The van der Waals surface area contributed by atoms with Crippen LogP contribution in [0, 0.1) is 12.7 Å². The van der Waals surface area contributed by atoms with E-state index in [9.17, 15) is 19.1 Å². The fourth-order valence-corrected chi connectivity index (χ4v) is 4.04. The van der Waals surface area contributed by atoms with Gasteiger partial charge in [0.05, 0.1) is 15.9 Å². The molecule has 4 rings (SSSR count). The van der Waals surface area contributed by atoms with Gasteiger partial charge in [0.15, 0.2) is 0 Å². The van der Waals surface area contributed by atoms with Crippen LogP contribution in [-0.2, 0) is 0 Å². The average molecular weight is 421 g/mol. The van der Waals surface area contributed by atoms with Crippen molar-refractivity contribution in [3.63, 3.8) is 0 Å². The fourth-order valence-electron chi connectivity index (χ4n) is 3.05. The van der Waals surface area contributed by atoms with E-state index in [-0.39, 0.29) is 10.6 Å². The Kier molecular flexibility index (Phi) is 5.16. The van der Waals surface area contributed by atoms with Crippen molar-refractivity contribution in [2.45, 2.75) is 6.92 Å². The van der Waals surface area contributed by atoms with Crippen molar-refractivity contribution in [3.8, 4) is 11.1 Å². The van der Waals surface area contributed by atoms with Gasteiger partial charge in [-0.25, -0.2) is 14.0 Å². The number of anilines is 2. The Morgan fingerprint density at radius 2 is 1.90 bits per heavy atom. The quantitative estimate of drug-likeness (QED) is 0.391. The number of thiophene rings is 1. The van der Waals surface area contributed by atoms with Crippen LogP contribution in [0.2, 0.25) is 0 Å². The molecule has 8 heteroatoms. The zero-order chi connectivity index (χ0) is 21.3. The van der Waals surface area contributed by atoms with Crippen molar-refractivity contribution in [1.29, 1.82) is 0 Å². The number of benzene rings is 2. The lowest BCUT2D eigenvalue weighted by Crippen LogP contribution is -2.20. The summed E-state index contributed by atoms with van der Waals surface area (Å²) in [4.78, 5) is 28.1. The predicted octanol–water partition coefficient (Wildman–Crippen LogP) is 5.75. The summed E-state index contributed by atoms with van der Waals surface area (Å²) in [6.07, 6.45) is 1.61. The Balaban J connectivity index is 1.60. The normalized spacial score (nSPS) is 10.7. The monoisotopic (exact) mass is 421 g/mol. The maximum atomic E-state index is 13.9. The van der Waals surface area contributed by atoms with Gasteiger partial charge in [0, 0.05) is 17.4 Å². The first kappa shape index (κ1) is 19.5. The zero-order valence-electron chi connectivity index (χ0n) is 15.8. The van der Waals surface area contributed by atoms with Gasteiger partial charge < -0.3 is 15.7 Å². The minimum Gasteiger partial charge on any atom is -0.477 e. The number of carbonyl (C=O) groups is 2. The summed E-state index contributed by atoms with van der Waals surface area (Å²) in [6, 6.07) is 14.4. The highest BCUT2D eigenvalue weighted by Crippen LogP contribution is 2.34. The highest BCUT2D eigenvalue weighted by Gasteiger charge is 2.14. The molecule has 4 aromatic rings. The van der Waals surface area contributed by atoms with Crippen molar-refractivity contribution in [2.24, 2.45) is 0 Å². The van der Waals surface area contributed by atoms with E-state index < -0.39 is 17.8 Å². The number of carbonyl (C=O) groups excluding carboxylic acids is 1. The van der Waals surface area contributed by atoms with Gasteiger partial charge >= 0.3 is 12.0 Å². The van der Waals surface area contributed by atoms with Crippen LogP contribution in [0.4, 0.5) is 20.6 Å². The number of hydrogen-bond donors (Lipinski definition) is 3. The second kappa shape index (κ2) is 7.92. The molecular formula is C22H16FN3O3S. The topological polar surface area (TPSA) is 91.3 Å². The summed E-state index contributed by atoms with van der Waals surface area (Å²) in [5, 5.41) is 14.5. The third-order valence-corrected chi connectivity index (χ3v) is 5.57. The van der Waals surface area contributed by atoms with E-state index in [1.165, 1.54) is 12.1 Å². The molecule has 0 aliphatic heterocycles. The van der Waals surface area contributed by atoms with Gasteiger partial charge in [-0.3, -0.25) is 4.98 Å². The number of carboxylic acid groups (broad SMARTS) is 1. The summed E-state index contributed by atoms with van der Waals surface area (Å²) < 4.78 is 14.6. The number of aromatic carboxylic acids is 1. The number of aryl methyl sites for hydroxylation is 1. The van der Waals surface area contributed by atoms with E-state index >= 15 is 0 Å². The smallest absolute Gasteiger partial charge is 0.345 e. The van der Waals surface area contributed by atoms with E-state index in [1.807, 2.05) is 13.0 Å². The molecule has 2 amide bonds. The van der Waals surface area contributed by atoms with Crippen LogP contribution in [-0.4, -0.2) is 22.1 Å². The molecule has 2 heterocycles. The van der Waals surface area contributed by atoms with Crippen LogP contribution < -0.4 is 10.6 Å². The Morgan fingerprint density at radius 1 is 1.07 bits per heavy atom. The molecule has 0 spiro atoms. The number of nitrogens with one attached hydrogen (secondary N) is 2. The van der Waals surface area contributed by atoms with Crippen LogP contribution in [0.3, 0.4) is 0 Å². The first-order valence-corrected chi connectivity index (χ1v) is 9.79. The third kappa shape index (κ3) is 3.99. The number of pyridine rings is 1. The molecule has 0 aliphatic carbocycles. The third-order valence-electron chi connectivity index (χ3n) is 4.42. The summed E-state index contributed by atoms with van der Waals surface area (Å²) in [5.41, 5.74) is 3.64. The zero-order valence-corrected chi connectivity index (χ0v) is 16.6. The number of nitrogens with zero attached hydrogens (tertiary/aromatic N) is 1. The van der Waals surface area contributed by atoms with Gasteiger partial charge in [0.25, 0.3) is 0 Å². The Hall–Kier alpha value is -3.78. The molecule has 0 fully saturated rings. The number of rotatable bonds is 4. The highest BCUT2D eigenvalue weighted by atomic mass is 32.1. The molecule has 0 saturated heterocycles. The lowest BCUT2D eigenvalue weighted by Gasteiger charge is -2.10. The van der Waals surface area contributed by atoms with Crippen molar-refractivity contribution >= 4 is 44.9 Å². The average Bonchev–Trinajstić information content (AvgIpc) is 3.16. The van der Waals surface area contributed by atoms with Crippen molar-refractivity contribution in [3.05, 3.63) is 77.1 Å². The number of halogens is 1. The summed E-state index contributed by atoms with van der Waals surface area (Å²) in [5.74, 6) is -1.52. The van der Waals surface area contributed by atoms with E-state index in [0.717, 1.165) is 32.7 Å². The standard InChI is InChI=1S/C22H16FN3O3S/c1-12-5-6-16(23)17(9-12)26-22(29)25-14-4-2-3-13(10-14)15-7-8-24-18-11-19(21(27)28)30-20(15)18/h2-11H,1H3,(H,27,28)(H2,25,26,29). The molecule has 0 bridgehead atoms. The lowest BCUT2D eigenvalue weighted by molar-refractivity contribution is 0.0702. The fraction of sp³-hybridized carbons (Fsp3) is 0.0455.